The highest BCUT2D eigenvalue weighted by Gasteiger charge is 2.50. The molecule has 0 bridgehead atoms. The quantitative estimate of drug-likeness (QED) is 0.436. The minimum Gasteiger partial charge on any atom is -0.499 e. The molecule has 2 aliphatic rings. The van der Waals surface area contributed by atoms with Crippen molar-refractivity contribution in [3.8, 4) is 0 Å². The molecule has 1 aromatic heterocycles. The van der Waals surface area contributed by atoms with Crippen LogP contribution in [-0.2, 0) is 20.1 Å². The summed E-state index contributed by atoms with van der Waals surface area (Å²) >= 11 is 0. The third kappa shape index (κ3) is 4.61. The lowest BCUT2D eigenvalue weighted by atomic mass is 9.96. The highest BCUT2D eigenvalue weighted by atomic mass is 19.1. The second-order valence-corrected chi connectivity index (χ2v) is 7.87. The second kappa shape index (κ2) is 9.46. The molecule has 1 saturated heterocycles. The zero-order chi connectivity index (χ0) is 23.4. The first kappa shape index (κ1) is 22.5. The molecule has 0 N–H and O–H groups in total. The number of methoxy groups -OCH3 is 1. The first-order valence-electron chi connectivity index (χ1n) is 10.7. The Morgan fingerprint density at radius 2 is 2.03 bits per heavy atom. The summed E-state index contributed by atoms with van der Waals surface area (Å²) in [6, 6.07) is 6.22. The van der Waals surface area contributed by atoms with Gasteiger partial charge in [-0.3, -0.25) is 4.84 Å². The number of allylic oxidation sites excluding steroid dienone is 6. The van der Waals surface area contributed by atoms with Gasteiger partial charge in [0, 0.05) is 18.2 Å². The number of nitrogens with zero attached hydrogens (tertiary/aromatic N) is 4. The molecule has 2 aliphatic heterocycles. The van der Waals surface area contributed by atoms with Crippen molar-refractivity contribution >= 4 is 11.5 Å². The lowest BCUT2D eigenvalue weighted by Crippen LogP contribution is -2.48. The molecule has 1 fully saturated rings. The molecule has 0 spiro atoms. The standard InChI is InChI=1S/C25H27FN4O3/c1-18(6-12-23(20(3)31-4)29-16-19(2)27-17-29)7-13-24-28-33-25(14-5-15-32-30(24)25)21-8-10-22(26)11-9-21/h6-13,16-17H,1,5,14-15H2,2-4H3/b12-6-,13-7+,23-20-. The Morgan fingerprint density at radius 1 is 1.24 bits per heavy atom. The van der Waals surface area contributed by atoms with Crippen LogP contribution in [0.15, 0.2) is 84.2 Å². The maximum Gasteiger partial charge on any atom is 0.259 e. The van der Waals surface area contributed by atoms with Gasteiger partial charge in [0.15, 0.2) is 5.84 Å². The van der Waals surface area contributed by atoms with Crippen LogP contribution in [0.3, 0.4) is 0 Å². The fraction of sp³-hybridized carbons (Fsp3) is 0.280. The van der Waals surface area contributed by atoms with Gasteiger partial charge in [-0.2, -0.15) is 5.06 Å². The Kier molecular flexibility index (Phi) is 6.46. The first-order chi connectivity index (χ1) is 15.9. The van der Waals surface area contributed by atoms with E-state index in [9.17, 15) is 4.39 Å². The number of imidazole rings is 1. The molecular weight excluding hydrogens is 423 g/mol. The molecule has 3 heterocycles. The van der Waals surface area contributed by atoms with E-state index in [1.54, 1.807) is 36.7 Å². The van der Waals surface area contributed by atoms with Crippen molar-refractivity contribution in [3.63, 3.8) is 0 Å². The van der Waals surface area contributed by atoms with Crippen LogP contribution in [0.5, 0.6) is 0 Å². The molecule has 1 aromatic carbocycles. The lowest BCUT2D eigenvalue weighted by molar-refractivity contribution is -0.280. The molecule has 0 aliphatic carbocycles. The predicted octanol–water partition coefficient (Wildman–Crippen LogP) is 5.06. The maximum atomic E-state index is 13.4. The number of benzene rings is 1. The summed E-state index contributed by atoms with van der Waals surface area (Å²) < 4.78 is 20.8. The number of hydrogen-bond acceptors (Lipinski definition) is 6. The molecule has 2 aromatic rings. The van der Waals surface area contributed by atoms with E-state index in [1.165, 1.54) is 12.1 Å². The number of fused-ring (bicyclic) bond motifs is 1. The number of hydroxylamine groups is 2. The van der Waals surface area contributed by atoms with Crippen molar-refractivity contribution in [1.29, 1.82) is 0 Å². The molecule has 1 atom stereocenters. The zero-order valence-electron chi connectivity index (χ0n) is 19.0. The fourth-order valence-electron chi connectivity index (χ4n) is 3.76. The van der Waals surface area contributed by atoms with Crippen molar-refractivity contribution < 1.29 is 18.8 Å². The Morgan fingerprint density at radius 3 is 2.73 bits per heavy atom. The van der Waals surface area contributed by atoms with Gasteiger partial charge < -0.3 is 14.1 Å². The Balaban J connectivity index is 1.50. The van der Waals surface area contributed by atoms with Crippen LogP contribution in [-0.4, -0.2) is 34.2 Å². The van der Waals surface area contributed by atoms with Crippen LogP contribution in [0.1, 0.15) is 31.0 Å². The van der Waals surface area contributed by atoms with E-state index in [1.807, 2.05) is 42.8 Å². The molecule has 0 amide bonds. The van der Waals surface area contributed by atoms with Crippen LogP contribution in [0.2, 0.25) is 0 Å². The summed E-state index contributed by atoms with van der Waals surface area (Å²) in [6.45, 7) is 8.47. The predicted molar refractivity (Wildman–Crippen MR) is 124 cm³/mol. The molecule has 0 saturated carbocycles. The summed E-state index contributed by atoms with van der Waals surface area (Å²) in [5.41, 5.74) is 2.40. The van der Waals surface area contributed by atoms with Gasteiger partial charge in [0.2, 0.25) is 0 Å². The van der Waals surface area contributed by atoms with Gasteiger partial charge in [-0.1, -0.05) is 23.9 Å². The number of aryl methyl sites for hydroxylation is 1. The van der Waals surface area contributed by atoms with E-state index in [4.69, 9.17) is 14.4 Å². The molecule has 8 heteroatoms. The molecule has 7 nitrogen and oxygen atoms in total. The molecule has 33 heavy (non-hydrogen) atoms. The number of ether oxygens (including phenoxy) is 1. The maximum absolute atomic E-state index is 13.4. The summed E-state index contributed by atoms with van der Waals surface area (Å²) in [4.78, 5) is 16.0. The molecule has 4 rings (SSSR count). The lowest BCUT2D eigenvalue weighted by Gasteiger charge is -2.39. The van der Waals surface area contributed by atoms with Crippen molar-refractivity contribution in [2.45, 2.75) is 32.4 Å². The van der Waals surface area contributed by atoms with E-state index in [0.29, 0.717) is 18.9 Å². The highest BCUT2D eigenvalue weighted by molar-refractivity contribution is 5.93. The normalized spacial score (nSPS) is 21.1. The summed E-state index contributed by atoms with van der Waals surface area (Å²) in [5, 5.41) is 5.90. The average molecular weight is 451 g/mol. The van der Waals surface area contributed by atoms with Gasteiger partial charge in [0.05, 0.1) is 31.4 Å². The third-order valence-corrected chi connectivity index (χ3v) is 5.56. The number of amidine groups is 1. The number of oxime groups is 1. The zero-order valence-corrected chi connectivity index (χ0v) is 19.0. The van der Waals surface area contributed by atoms with Crippen LogP contribution < -0.4 is 0 Å². The van der Waals surface area contributed by atoms with Crippen molar-refractivity contribution in [1.82, 2.24) is 14.6 Å². The third-order valence-electron chi connectivity index (χ3n) is 5.56. The van der Waals surface area contributed by atoms with Crippen LogP contribution >= 0.6 is 0 Å². The van der Waals surface area contributed by atoms with Crippen molar-refractivity contribution in [3.05, 3.63) is 96.1 Å². The number of aromatic nitrogens is 2. The van der Waals surface area contributed by atoms with Gasteiger partial charge in [-0.25, -0.2) is 9.37 Å². The van der Waals surface area contributed by atoms with Gasteiger partial charge in [0.25, 0.3) is 5.72 Å². The Bertz CT molecular complexity index is 1150. The number of hydrogen-bond donors (Lipinski definition) is 0. The van der Waals surface area contributed by atoms with E-state index < -0.39 is 5.72 Å². The fourth-order valence-corrected chi connectivity index (χ4v) is 3.76. The first-order valence-corrected chi connectivity index (χ1v) is 10.7. The van der Waals surface area contributed by atoms with Crippen LogP contribution in [0.25, 0.3) is 5.70 Å². The minimum absolute atomic E-state index is 0.302. The van der Waals surface area contributed by atoms with E-state index in [-0.39, 0.29) is 5.82 Å². The van der Waals surface area contributed by atoms with E-state index >= 15 is 0 Å². The molecule has 1 unspecified atom stereocenters. The summed E-state index contributed by atoms with van der Waals surface area (Å²) in [6.07, 6.45) is 12.6. The number of halogens is 1. The van der Waals surface area contributed by atoms with Crippen molar-refractivity contribution in [2.24, 2.45) is 5.16 Å². The minimum atomic E-state index is -0.895. The largest absolute Gasteiger partial charge is 0.499 e. The molecule has 172 valence electrons. The van der Waals surface area contributed by atoms with Gasteiger partial charge in [-0.15, -0.1) is 0 Å². The van der Waals surface area contributed by atoms with E-state index in [0.717, 1.165) is 34.7 Å². The Labute approximate surface area is 192 Å². The molecular formula is C25H27FN4O3. The van der Waals surface area contributed by atoms with Gasteiger partial charge >= 0.3 is 0 Å². The second-order valence-electron chi connectivity index (χ2n) is 7.87. The number of rotatable bonds is 7. The van der Waals surface area contributed by atoms with Crippen LogP contribution in [0, 0.1) is 12.7 Å². The molecule has 0 radical (unpaired) electrons. The highest BCUT2D eigenvalue weighted by Crippen LogP contribution is 2.42. The summed E-state index contributed by atoms with van der Waals surface area (Å²) in [7, 11) is 1.63. The smallest absolute Gasteiger partial charge is 0.259 e. The van der Waals surface area contributed by atoms with Crippen LogP contribution in [0.4, 0.5) is 4.39 Å². The topological polar surface area (TPSA) is 61.1 Å². The van der Waals surface area contributed by atoms with E-state index in [2.05, 4.69) is 16.7 Å². The van der Waals surface area contributed by atoms with Crippen molar-refractivity contribution in [2.75, 3.05) is 13.7 Å². The Hall–Kier alpha value is -3.65. The monoisotopic (exact) mass is 450 g/mol. The average Bonchev–Trinajstić information content (AvgIpc) is 3.42. The summed E-state index contributed by atoms with van der Waals surface area (Å²) in [5.74, 6) is 0.964. The SMILES string of the molecule is C=C(/C=C\C(=C(/C)OC)n1cnc(C)c1)/C=C/C1=NOC2(c3ccc(F)cc3)CCCON12. The van der Waals surface area contributed by atoms with Gasteiger partial charge in [-0.05, 0) is 62.3 Å². The van der Waals surface area contributed by atoms with Gasteiger partial charge in [0.1, 0.15) is 11.6 Å².